The highest BCUT2D eigenvalue weighted by Gasteiger charge is 2.23. The van der Waals surface area contributed by atoms with E-state index >= 15 is 0 Å². The molecule has 7 nitrogen and oxygen atoms in total. The minimum atomic E-state index is -0.767. The van der Waals surface area contributed by atoms with Crippen LogP contribution in [0.25, 0.3) is 10.2 Å². The number of hydrogen-bond acceptors (Lipinski definition) is 6. The van der Waals surface area contributed by atoms with Crippen molar-refractivity contribution in [1.82, 2.24) is 9.55 Å². The van der Waals surface area contributed by atoms with Gasteiger partial charge in [-0.25, -0.2) is 9.78 Å². The molecule has 1 atom stereocenters. The van der Waals surface area contributed by atoms with Crippen molar-refractivity contribution in [2.75, 3.05) is 12.4 Å². The van der Waals surface area contributed by atoms with Crippen LogP contribution in [-0.2, 0) is 9.53 Å². The minimum Gasteiger partial charge on any atom is -0.465 e. The van der Waals surface area contributed by atoms with E-state index in [0.29, 0.717) is 26.3 Å². The van der Waals surface area contributed by atoms with Crippen LogP contribution in [0.4, 0.5) is 5.69 Å². The molecule has 3 rings (SSSR count). The molecule has 8 heteroatoms. The van der Waals surface area contributed by atoms with Gasteiger partial charge < -0.3 is 10.1 Å². The van der Waals surface area contributed by atoms with Crippen molar-refractivity contribution in [2.45, 2.75) is 26.8 Å². The van der Waals surface area contributed by atoms with E-state index in [-0.39, 0.29) is 11.5 Å². The molecule has 0 saturated heterocycles. The highest BCUT2D eigenvalue weighted by molar-refractivity contribution is 7.20. The highest BCUT2D eigenvalue weighted by atomic mass is 32.1. The lowest BCUT2D eigenvalue weighted by Gasteiger charge is -2.15. The molecule has 0 aliphatic carbocycles. The molecule has 3 aromatic rings. The maximum Gasteiger partial charge on any atom is 0.348 e. The largest absolute Gasteiger partial charge is 0.465 e. The number of aryl methyl sites for hydroxylation is 2. The molecule has 0 radical (unpaired) electrons. The quantitative estimate of drug-likeness (QED) is 0.697. The maximum atomic E-state index is 12.9. The Morgan fingerprint density at radius 1 is 1.22 bits per heavy atom. The van der Waals surface area contributed by atoms with E-state index in [1.807, 2.05) is 19.1 Å². The third-order valence-corrected chi connectivity index (χ3v) is 5.54. The number of carbonyl (C=O) groups excluding carboxylic acids is 2. The lowest BCUT2D eigenvalue weighted by atomic mass is 10.2. The Hall–Kier alpha value is -3.00. The van der Waals surface area contributed by atoms with Crippen LogP contribution in [0.1, 0.15) is 33.8 Å². The van der Waals surface area contributed by atoms with Crippen LogP contribution in [0.3, 0.4) is 0 Å². The van der Waals surface area contributed by atoms with Crippen LogP contribution in [0.5, 0.6) is 0 Å². The van der Waals surface area contributed by atoms with E-state index in [0.717, 1.165) is 16.9 Å². The Bertz CT molecular complexity index is 1080. The summed E-state index contributed by atoms with van der Waals surface area (Å²) in [5, 5.41) is 3.12. The van der Waals surface area contributed by atoms with Crippen molar-refractivity contribution in [3.63, 3.8) is 0 Å². The lowest BCUT2D eigenvalue weighted by Crippen LogP contribution is -2.31. The van der Waals surface area contributed by atoms with Gasteiger partial charge in [-0.3, -0.25) is 14.2 Å². The fourth-order valence-corrected chi connectivity index (χ4v) is 3.77. The summed E-state index contributed by atoms with van der Waals surface area (Å²) in [6, 6.07) is 6.62. The highest BCUT2D eigenvalue weighted by Crippen LogP contribution is 2.27. The number of thiophene rings is 1. The van der Waals surface area contributed by atoms with Gasteiger partial charge in [0.15, 0.2) is 0 Å². The van der Waals surface area contributed by atoms with Gasteiger partial charge in [-0.05, 0) is 38.5 Å². The first-order chi connectivity index (χ1) is 12.8. The molecular weight excluding hydrogens is 366 g/mol. The van der Waals surface area contributed by atoms with Crippen LogP contribution >= 0.6 is 11.3 Å². The van der Waals surface area contributed by atoms with Crippen LogP contribution in [-0.4, -0.2) is 28.5 Å². The fourth-order valence-electron chi connectivity index (χ4n) is 2.71. The second-order valence-electron chi connectivity index (χ2n) is 6.22. The second kappa shape index (κ2) is 7.32. The first-order valence-electron chi connectivity index (χ1n) is 8.29. The van der Waals surface area contributed by atoms with E-state index < -0.39 is 12.0 Å². The maximum absolute atomic E-state index is 12.9. The smallest absolute Gasteiger partial charge is 0.348 e. The van der Waals surface area contributed by atoms with Crippen LogP contribution in [0.2, 0.25) is 0 Å². The molecule has 0 aliphatic heterocycles. The topological polar surface area (TPSA) is 90.3 Å². The fraction of sp³-hybridized carbons (Fsp3) is 0.263. The van der Waals surface area contributed by atoms with E-state index in [4.69, 9.17) is 4.74 Å². The Balaban J connectivity index is 1.96. The van der Waals surface area contributed by atoms with Crippen molar-refractivity contribution in [3.8, 4) is 0 Å². The molecule has 140 valence electrons. The molecule has 1 N–H and O–H groups in total. The lowest BCUT2D eigenvalue weighted by molar-refractivity contribution is -0.118. The zero-order valence-electron chi connectivity index (χ0n) is 15.4. The number of anilines is 1. The number of hydrogen-bond donors (Lipinski definition) is 1. The van der Waals surface area contributed by atoms with Gasteiger partial charge in [-0.15, -0.1) is 11.3 Å². The number of esters is 1. The van der Waals surface area contributed by atoms with Gasteiger partial charge in [0.25, 0.3) is 5.56 Å². The van der Waals surface area contributed by atoms with Gasteiger partial charge in [0.05, 0.1) is 18.8 Å². The number of carbonyl (C=O) groups is 2. The molecule has 27 heavy (non-hydrogen) atoms. The number of nitrogens with one attached hydrogen (secondary N) is 1. The van der Waals surface area contributed by atoms with Gasteiger partial charge in [0.2, 0.25) is 5.91 Å². The third kappa shape index (κ3) is 3.48. The summed E-state index contributed by atoms with van der Waals surface area (Å²) in [6.45, 7) is 5.26. The Labute approximate surface area is 159 Å². The minimum absolute atomic E-state index is 0.330. The van der Waals surface area contributed by atoms with E-state index in [1.165, 1.54) is 18.0 Å². The molecule has 0 spiro atoms. The number of benzene rings is 1. The van der Waals surface area contributed by atoms with Gasteiger partial charge in [-0.1, -0.05) is 17.7 Å². The molecule has 0 aliphatic rings. The van der Waals surface area contributed by atoms with Crippen LogP contribution in [0.15, 0.2) is 35.4 Å². The molecule has 0 bridgehead atoms. The molecular formula is C19H19N3O4S. The number of fused-ring (bicyclic) bond motifs is 1. The van der Waals surface area contributed by atoms with E-state index in [9.17, 15) is 14.4 Å². The normalized spacial score (nSPS) is 12.0. The number of aromatic nitrogens is 2. The summed E-state index contributed by atoms with van der Waals surface area (Å²) in [5.74, 6) is -0.838. The van der Waals surface area contributed by atoms with Gasteiger partial charge >= 0.3 is 5.97 Å². The average Bonchev–Trinajstić information content (AvgIpc) is 3.00. The van der Waals surface area contributed by atoms with Crippen molar-refractivity contribution >= 4 is 39.1 Å². The first kappa shape index (κ1) is 18.8. The SMILES string of the molecule is COC(=O)c1sc2ncn(C(C)C(=O)Nc3ccc(C)cc3)c(=O)c2c1C. The van der Waals surface area contributed by atoms with Crippen molar-refractivity contribution in [3.05, 3.63) is 57.0 Å². The summed E-state index contributed by atoms with van der Waals surface area (Å²) >= 11 is 1.10. The molecule has 2 aromatic heterocycles. The van der Waals surface area contributed by atoms with Crippen molar-refractivity contribution in [1.29, 1.82) is 0 Å². The number of nitrogens with zero attached hydrogens (tertiary/aromatic N) is 2. The van der Waals surface area contributed by atoms with E-state index in [1.54, 1.807) is 26.0 Å². The molecule has 1 amide bonds. The molecule has 1 aromatic carbocycles. The van der Waals surface area contributed by atoms with Gasteiger partial charge in [0.1, 0.15) is 15.7 Å². The molecule has 0 saturated carbocycles. The number of amides is 1. The predicted octanol–water partition coefficient (Wildman–Crippen LogP) is 3.06. The third-order valence-electron chi connectivity index (χ3n) is 4.36. The zero-order valence-corrected chi connectivity index (χ0v) is 16.2. The second-order valence-corrected chi connectivity index (χ2v) is 7.22. The summed E-state index contributed by atoms with van der Waals surface area (Å²) in [7, 11) is 1.29. The Kier molecular flexibility index (Phi) is 5.09. The zero-order chi connectivity index (χ0) is 19.7. The monoisotopic (exact) mass is 385 g/mol. The van der Waals surface area contributed by atoms with Gasteiger partial charge in [-0.2, -0.15) is 0 Å². The van der Waals surface area contributed by atoms with Gasteiger partial charge in [0, 0.05) is 5.69 Å². The van der Waals surface area contributed by atoms with Crippen LogP contribution < -0.4 is 10.9 Å². The van der Waals surface area contributed by atoms with Crippen LogP contribution in [0, 0.1) is 13.8 Å². The summed E-state index contributed by atoms with van der Waals surface area (Å²) < 4.78 is 6.02. The van der Waals surface area contributed by atoms with Crippen molar-refractivity contribution < 1.29 is 14.3 Å². The summed E-state index contributed by atoms with van der Waals surface area (Å²) in [5.41, 5.74) is 1.88. The molecule has 0 fully saturated rings. The number of methoxy groups -OCH3 is 1. The predicted molar refractivity (Wildman–Crippen MR) is 104 cm³/mol. The first-order valence-corrected chi connectivity index (χ1v) is 9.11. The molecule has 2 heterocycles. The Morgan fingerprint density at radius 2 is 1.89 bits per heavy atom. The van der Waals surface area contributed by atoms with Crippen molar-refractivity contribution in [2.24, 2.45) is 0 Å². The standard InChI is InChI=1S/C19H19N3O4S/c1-10-5-7-13(8-6-10)21-16(23)12(3)22-9-20-17-14(18(22)24)11(2)15(27-17)19(25)26-4/h5-9,12H,1-4H3,(H,21,23). The number of rotatable bonds is 4. The average molecular weight is 385 g/mol. The van der Waals surface area contributed by atoms with E-state index in [2.05, 4.69) is 10.3 Å². The molecule has 1 unspecified atom stereocenters. The number of ether oxygens (including phenoxy) is 1. The summed E-state index contributed by atoms with van der Waals surface area (Å²) in [6.07, 6.45) is 1.33. The summed E-state index contributed by atoms with van der Waals surface area (Å²) in [4.78, 5) is 42.4. The Morgan fingerprint density at radius 3 is 2.52 bits per heavy atom.